The van der Waals surface area contributed by atoms with Crippen molar-refractivity contribution >= 4 is 0 Å². The molecule has 2 saturated carbocycles. The van der Waals surface area contributed by atoms with Crippen molar-refractivity contribution in [3.63, 3.8) is 0 Å². The molecule has 0 spiro atoms. The topological polar surface area (TPSA) is 9.23 Å². The number of hydrogen-bond donors (Lipinski definition) is 0. The van der Waals surface area contributed by atoms with Crippen LogP contribution in [0.25, 0.3) is 0 Å². The Morgan fingerprint density at radius 2 is 1.73 bits per heavy atom. The van der Waals surface area contributed by atoms with Gasteiger partial charge in [-0.15, -0.1) is 0 Å². The molecule has 2 aliphatic carbocycles. The van der Waals surface area contributed by atoms with Gasteiger partial charge in [-0.3, -0.25) is 0 Å². The van der Waals surface area contributed by atoms with E-state index in [9.17, 15) is 0 Å². The monoisotopic (exact) mass is 200 g/mol. The molecular weight excluding hydrogens is 184 g/mol. The lowest BCUT2D eigenvalue weighted by Gasteiger charge is -2.29. The fourth-order valence-electron chi connectivity index (χ4n) is 2.10. The molecule has 1 nitrogen and oxygen atoms in total. The van der Waals surface area contributed by atoms with Crippen molar-refractivity contribution in [3.05, 3.63) is 47.0 Å². The summed E-state index contributed by atoms with van der Waals surface area (Å²) in [5.74, 6) is 0. The molecule has 0 heterocycles. The molecule has 0 radical (unpaired) electrons. The van der Waals surface area contributed by atoms with Crippen LogP contribution in [0, 0.1) is 0 Å². The average molecular weight is 200 g/mol. The first-order valence-corrected chi connectivity index (χ1v) is 5.77. The van der Waals surface area contributed by atoms with Crippen LogP contribution in [0.3, 0.4) is 0 Å². The normalized spacial score (nSPS) is 23.9. The van der Waals surface area contributed by atoms with Crippen LogP contribution in [0.4, 0.5) is 0 Å². The van der Waals surface area contributed by atoms with Gasteiger partial charge in [0.05, 0.1) is 12.7 Å². The third kappa shape index (κ3) is 2.13. The number of ether oxygens (including phenoxy) is 1. The molecule has 2 aliphatic rings. The molecular formula is C14H16O. The van der Waals surface area contributed by atoms with Gasteiger partial charge in [-0.25, -0.2) is 0 Å². The SMILES string of the molecule is c1ccc(COC2CC(=C3CC3)C2)cc1. The minimum atomic E-state index is 0.494. The molecule has 78 valence electrons. The zero-order chi connectivity index (χ0) is 10.1. The van der Waals surface area contributed by atoms with E-state index < -0.39 is 0 Å². The van der Waals surface area contributed by atoms with Gasteiger partial charge in [0.2, 0.25) is 0 Å². The summed E-state index contributed by atoms with van der Waals surface area (Å²) in [6.07, 6.45) is 5.61. The highest BCUT2D eigenvalue weighted by molar-refractivity contribution is 5.30. The van der Waals surface area contributed by atoms with Gasteiger partial charge in [0.1, 0.15) is 0 Å². The zero-order valence-electron chi connectivity index (χ0n) is 8.91. The van der Waals surface area contributed by atoms with Crippen LogP contribution < -0.4 is 0 Å². The van der Waals surface area contributed by atoms with Crippen molar-refractivity contribution in [2.75, 3.05) is 0 Å². The summed E-state index contributed by atoms with van der Waals surface area (Å²) in [7, 11) is 0. The molecule has 3 rings (SSSR count). The minimum absolute atomic E-state index is 0.494. The number of benzene rings is 1. The first-order chi connectivity index (χ1) is 7.42. The van der Waals surface area contributed by atoms with Crippen molar-refractivity contribution in [1.82, 2.24) is 0 Å². The molecule has 0 aliphatic heterocycles. The molecule has 0 atom stereocenters. The van der Waals surface area contributed by atoms with Crippen LogP contribution in [-0.4, -0.2) is 6.10 Å². The molecule has 1 heteroatoms. The van der Waals surface area contributed by atoms with E-state index in [2.05, 4.69) is 24.3 Å². The summed E-state index contributed by atoms with van der Waals surface area (Å²) in [6, 6.07) is 10.4. The second kappa shape index (κ2) is 3.82. The fourth-order valence-corrected chi connectivity index (χ4v) is 2.10. The highest BCUT2D eigenvalue weighted by atomic mass is 16.5. The second-order valence-corrected chi connectivity index (χ2v) is 4.53. The van der Waals surface area contributed by atoms with Gasteiger partial charge in [0, 0.05) is 0 Å². The van der Waals surface area contributed by atoms with Gasteiger partial charge in [-0.1, -0.05) is 41.5 Å². The summed E-state index contributed by atoms with van der Waals surface area (Å²) in [6.45, 7) is 0.772. The summed E-state index contributed by atoms with van der Waals surface area (Å²) in [4.78, 5) is 0. The number of allylic oxidation sites excluding steroid dienone is 1. The lowest BCUT2D eigenvalue weighted by atomic mass is 9.88. The Labute approximate surface area is 90.8 Å². The van der Waals surface area contributed by atoms with E-state index in [0.717, 1.165) is 6.61 Å². The van der Waals surface area contributed by atoms with Crippen molar-refractivity contribution in [2.24, 2.45) is 0 Å². The molecule has 0 unspecified atom stereocenters. The van der Waals surface area contributed by atoms with Gasteiger partial charge in [0.25, 0.3) is 0 Å². The molecule has 0 saturated heterocycles. The predicted molar refractivity (Wildman–Crippen MR) is 60.5 cm³/mol. The van der Waals surface area contributed by atoms with E-state index in [1.54, 1.807) is 11.1 Å². The Balaban J connectivity index is 1.46. The highest BCUT2D eigenvalue weighted by Gasteiger charge is 2.29. The molecule has 0 aromatic heterocycles. The zero-order valence-corrected chi connectivity index (χ0v) is 8.91. The van der Waals surface area contributed by atoms with Gasteiger partial charge in [-0.05, 0) is 31.2 Å². The molecule has 0 N–H and O–H groups in total. The highest BCUT2D eigenvalue weighted by Crippen LogP contribution is 2.42. The summed E-state index contributed by atoms with van der Waals surface area (Å²) >= 11 is 0. The van der Waals surface area contributed by atoms with Crippen molar-refractivity contribution in [2.45, 2.75) is 38.4 Å². The first-order valence-electron chi connectivity index (χ1n) is 5.77. The molecule has 1 aromatic carbocycles. The van der Waals surface area contributed by atoms with Crippen LogP contribution in [0.2, 0.25) is 0 Å². The van der Waals surface area contributed by atoms with Crippen molar-refractivity contribution in [3.8, 4) is 0 Å². The molecule has 1 aromatic rings. The van der Waals surface area contributed by atoms with E-state index >= 15 is 0 Å². The molecule has 0 bridgehead atoms. The lowest BCUT2D eigenvalue weighted by Crippen LogP contribution is -2.24. The van der Waals surface area contributed by atoms with Crippen molar-refractivity contribution in [1.29, 1.82) is 0 Å². The Morgan fingerprint density at radius 1 is 1.00 bits per heavy atom. The number of rotatable bonds is 3. The second-order valence-electron chi connectivity index (χ2n) is 4.53. The van der Waals surface area contributed by atoms with E-state index in [1.807, 2.05) is 6.07 Å². The Hall–Kier alpha value is -1.08. The maximum atomic E-state index is 5.84. The summed E-state index contributed by atoms with van der Waals surface area (Å²) < 4.78 is 5.84. The largest absolute Gasteiger partial charge is 0.373 e. The maximum absolute atomic E-state index is 5.84. The lowest BCUT2D eigenvalue weighted by molar-refractivity contribution is 0.0161. The van der Waals surface area contributed by atoms with Gasteiger partial charge in [-0.2, -0.15) is 0 Å². The van der Waals surface area contributed by atoms with E-state index in [-0.39, 0.29) is 0 Å². The number of hydrogen-bond acceptors (Lipinski definition) is 1. The molecule has 0 amide bonds. The van der Waals surface area contributed by atoms with Crippen LogP contribution in [0.5, 0.6) is 0 Å². The molecule has 15 heavy (non-hydrogen) atoms. The molecule has 2 fully saturated rings. The average Bonchev–Trinajstić information content (AvgIpc) is 3.01. The van der Waals surface area contributed by atoms with Crippen LogP contribution >= 0.6 is 0 Å². The Morgan fingerprint density at radius 3 is 2.40 bits per heavy atom. The Bertz CT molecular complexity index is 364. The third-order valence-corrected chi connectivity index (χ3v) is 3.28. The third-order valence-electron chi connectivity index (χ3n) is 3.28. The van der Waals surface area contributed by atoms with Gasteiger partial charge in [0.15, 0.2) is 0 Å². The maximum Gasteiger partial charge on any atom is 0.0720 e. The first kappa shape index (κ1) is 9.17. The van der Waals surface area contributed by atoms with Crippen LogP contribution in [0.15, 0.2) is 41.5 Å². The quantitative estimate of drug-likeness (QED) is 0.679. The predicted octanol–water partition coefficient (Wildman–Crippen LogP) is 3.46. The summed E-state index contributed by atoms with van der Waals surface area (Å²) in [5.41, 5.74) is 4.69. The Kier molecular flexibility index (Phi) is 2.34. The van der Waals surface area contributed by atoms with Crippen LogP contribution in [-0.2, 0) is 11.3 Å². The van der Waals surface area contributed by atoms with Crippen LogP contribution in [0.1, 0.15) is 31.2 Å². The fraction of sp³-hybridized carbons (Fsp3) is 0.429. The van der Waals surface area contributed by atoms with E-state index in [4.69, 9.17) is 4.74 Å². The van der Waals surface area contributed by atoms with Gasteiger partial charge >= 0.3 is 0 Å². The standard InChI is InChI=1S/C14H16O/c1-2-4-11(5-3-1)10-15-14-8-13(9-14)12-6-7-12/h1-5,14H,6-10H2. The van der Waals surface area contributed by atoms with E-state index in [1.165, 1.54) is 31.2 Å². The van der Waals surface area contributed by atoms with Gasteiger partial charge < -0.3 is 4.74 Å². The smallest absolute Gasteiger partial charge is 0.0720 e. The van der Waals surface area contributed by atoms with Crippen molar-refractivity contribution < 1.29 is 4.74 Å². The minimum Gasteiger partial charge on any atom is -0.373 e. The van der Waals surface area contributed by atoms with E-state index in [0.29, 0.717) is 6.10 Å². The summed E-state index contributed by atoms with van der Waals surface area (Å²) in [5, 5.41) is 0.